The molecule has 0 aliphatic carbocycles. The van der Waals surface area contributed by atoms with Crippen molar-refractivity contribution in [1.29, 1.82) is 0 Å². The Morgan fingerprint density at radius 1 is 1.10 bits per heavy atom. The second-order valence-electron chi connectivity index (χ2n) is 4.66. The lowest BCUT2D eigenvalue weighted by Crippen LogP contribution is -2.12. The molecule has 2 aromatic heterocycles. The minimum absolute atomic E-state index is 0.220. The normalized spacial score (nSPS) is 11.0. The van der Waals surface area contributed by atoms with E-state index < -0.39 is 5.91 Å². The average molecular weight is 270 g/mol. The summed E-state index contributed by atoms with van der Waals surface area (Å²) in [6.07, 6.45) is 4.56. The maximum atomic E-state index is 11.2. The summed E-state index contributed by atoms with van der Waals surface area (Å²) in [7, 11) is 0. The number of nitrogen functional groups attached to an aromatic ring is 1. The number of carbonyl (C=O) groups excluding carboxylic acids is 1. The van der Waals surface area contributed by atoms with Gasteiger partial charge in [0, 0.05) is 16.6 Å². The van der Waals surface area contributed by atoms with Crippen molar-refractivity contribution < 1.29 is 13.6 Å². The van der Waals surface area contributed by atoms with E-state index >= 15 is 0 Å². The van der Waals surface area contributed by atoms with E-state index in [2.05, 4.69) is 0 Å². The van der Waals surface area contributed by atoms with E-state index in [4.69, 9.17) is 20.3 Å². The van der Waals surface area contributed by atoms with Gasteiger partial charge in [0.05, 0.1) is 12.5 Å². The van der Waals surface area contributed by atoms with Crippen LogP contribution in [0.3, 0.4) is 0 Å². The third-order valence-electron chi connectivity index (χ3n) is 3.31. The maximum Gasteiger partial charge on any atom is 0.284 e. The van der Waals surface area contributed by atoms with Crippen molar-refractivity contribution in [1.82, 2.24) is 0 Å². The Hall–Kier alpha value is -2.69. The fourth-order valence-corrected chi connectivity index (χ4v) is 2.31. The molecule has 0 bridgehead atoms. The van der Waals surface area contributed by atoms with E-state index in [1.807, 2.05) is 12.1 Å². The molecule has 2 heterocycles. The van der Waals surface area contributed by atoms with Gasteiger partial charge in [-0.3, -0.25) is 4.79 Å². The smallest absolute Gasteiger partial charge is 0.284 e. The van der Waals surface area contributed by atoms with Crippen molar-refractivity contribution in [2.75, 3.05) is 5.73 Å². The molecule has 3 aromatic rings. The summed E-state index contributed by atoms with van der Waals surface area (Å²) in [5.74, 6) is -0.330. The van der Waals surface area contributed by atoms with Gasteiger partial charge < -0.3 is 20.3 Å². The zero-order valence-corrected chi connectivity index (χ0v) is 10.8. The van der Waals surface area contributed by atoms with E-state index in [9.17, 15) is 4.79 Å². The fourth-order valence-electron chi connectivity index (χ4n) is 2.31. The quantitative estimate of drug-likeness (QED) is 0.712. The Balaban J connectivity index is 1.85. The van der Waals surface area contributed by atoms with Gasteiger partial charge in [-0.1, -0.05) is 0 Å². The first kappa shape index (κ1) is 12.3. The number of hydrogen-bond donors (Lipinski definition) is 2. The number of fused-ring (bicyclic) bond motifs is 1. The molecule has 1 aromatic carbocycles. The summed E-state index contributed by atoms with van der Waals surface area (Å²) in [5.41, 5.74) is 14.4. The molecule has 0 radical (unpaired) electrons. The number of benzene rings is 1. The van der Waals surface area contributed by atoms with Gasteiger partial charge in [0.25, 0.3) is 5.91 Å². The van der Waals surface area contributed by atoms with Crippen LogP contribution in [0.5, 0.6) is 0 Å². The van der Waals surface area contributed by atoms with Crippen LogP contribution in [0, 0.1) is 0 Å². The molecule has 4 N–H and O–H groups in total. The number of anilines is 1. The van der Waals surface area contributed by atoms with Crippen molar-refractivity contribution in [3.8, 4) is 0 Å². The lowest BCUT2D eigenvalue weighted by Gasteiger charge is -2.00. The second kappa shape index (κ2) is 4.77. The highest BCUT2D eigenvalue weighted by atomic mass is 16.3. The zero-order valence-electron chi connectivity index (χ0n) is 10.8. The van der Waals surface area contributed by atoms with Crippen LogP contribution in [-0.2, 0) is 12.8 Å². The monoisotopic (exact) mass is 270 g/mol. The summed E-state index contributed by atoms with van der Waals surface area (Å²) in [5, 5.41) is 0.995. The zero-order chi connectivity index (χ0) is 14.1. The SMILES string of the molecule is NC(=O)c1occc1CCc1coc2ccc(N)cc12. The lowest BCUT2D eigenvalue weighted by molar-refractivity contribution is 0.0972. The first-order chi connectivity index (χ1) is 9.65. The van der Waals surface area contributed by atoms with Crippen LogP contribution in [-0.4, -0.2) is 5.91 Å². The molecule has 1 amide bonds. The molecular weight excluding hydrogens is 256 g/mol. The van der Waals surface area contributed by atoms with Gasteiger partial charge in [0.15, 0.2) is 5.76 Å². The van der Waals surface area contributed by atoms with Crippen LogP contribution >= 0.6 is 0 Å². The molecule has 0 unspecified atom stereocenters. The van der Waals surface area contributed by atoms with Gasteiger partial charge in [-0.05, 0) is 42.7 Å². The van der Waals surface area contributed by atoms with Gasteiger partial charge in [-0.15, -0.1) is 0 Å². The predicted octanol–water partition coefficient (Wildman–Crippen LogP) is 2.49. The fraction of sp³-hybridized carbons (Fsp3) is 0.133. The second-order valence-corrected chi connectivity index (χ2v) is 4.66. The van der Waals surface area contributed by atoms with E-state index in [-0.39, 0.29) is 5.76 Å². The van der Waals surface area contributed by atoms with E-state index in [0.717, 1.165) is 28.5 Å². The Morgan fingerprint density at radius 3 is 2.70 bits per heavy atom. The topological polar surface area (TPSA) is 95.4 Å². The van der Waals surface area contributed by atoms with Crippen LogP contribution in [0.2, 0.25) is 0 Å². The van der Waals surface area contributed by atoms with Gasteiger partial charge in [-0.2, -0.15) is 0 Å². The van der Waals surface area contributed by atoms with Gasteiger partial charge in [0.2, 0.25) is 0 Å². The summed E-state index contributed by atoms with van der Waals surface area (Å²) in [6.45, 7) is 0. The number of furan rings is 2. The molecule has 0 saturated heterocycles. The highest BCUT2D eigenvalue weighted by Crippen LogP contribution is 2.25. The number of aryl methyl sites for hydroxylation is 2. The minimum Gasteiger partial charge on any atom is -0.464 e. The Bertz CT molecular complexity index is 770. The maximum absolute atomic E-state index is 11.2. The van der Waals surface area contributed by atoms with Crippen molar-refractivity contribution >= 4 is 22.6 Å². The predicted molar refractivity (Wildman–Crippen MR) is 75.3 cm³/mol. The summed E-state index contributed by atoms with van der Waals surface area (Å²) >= 11 is 0. The number of rotatable bonds is 4. The molecule has 102 valence electrons. The number of carbonyl (C=O) groups is 1. The standard InChI is InChI=1S/C15H14N2O3/c16-11-3-4-13-12(7-11)10(8-20-13)2-1-9-5-6-19-14(9)15(17)18/h3-8H,1-2,16H2,(H2,17,18). The number of amides is 1. The van der Waals surface area contributed by atoms with Crippen LogP contribution in [0.25, 0.3) is 11.0 Å². The Labute approximate surface area is 115 Å². The van der Waals surface area contributed by atoms with Crippen molar-refractivity contribution in [2.45, 2.75) is 12.8 Å². The van der Waals surface area contributed by atoms with E-state index in [0.29, 0.717) is 12.1 Å². The molecule has 0 spiro atoms. The molecule has 5 heteroatoms. The van der Waals surface area contributed by atoms with E-state index in [1.165, 1.54) is 6.26 Å². The number of primary amides is 1. The van der Waals surface area contributed by atoms with Crippen molar-refractivity contribution in [2.24, 2.45) is 5.73 Å². The average Bonchev–Trinajstić information content (AvgIpc) is 3.02. The minimum atomic E-state index is -0.550. The molecule has 0 atom stereocenters. The largest absolute Gasteiger partial charge is 0.464 e. The first-order valence-corrected chi connectivity index (χ1v) is 6.27. The molecule has 0 aliphatic rings. The summed E-state index contributed by atoms with van der Waals surface area (Å²) in [4.78, 5) is 11.2. The van der Waals surface area contributed by atoms with Gasteiger partial charge >= 0.3 is 0 Å². The first-order valence-electron chi connectivity index (χ1n) is 6.27. The van der Waals surface area contributed by atoms with Crippen LogP contribution in [0.15, 0.2) is 45.6 Å². The third kappa shape index (κ3) is 2.14. The molecule has 5 nitrogen and oxygen atoms in total. The van der Waals surface area contributed by atoms with Crippen molar-refractivity contribution in [3.63, 3.8) is 0 Å². The highest BCUT2D eigenvalue weighted by Gasteiger charge is 2.13. The van der Waals surface area contributed by atoms with Crippen LogP contribution in [0.4, 0.5) is 5.69 Å². The summed E-state index contributed by atoms with van der Waals surface area (Å²) < 4.78 is 10.6. The molecule has 3 rings (SSSR count). The Morgan fingerprint density at radius 2 is 1.90 bits per heavy atom. The number of hydrogen-bond acceptors (Lipinski definition) is 4. The summed E-state index contributed by atoms with van der Waals surface area (Å²) in [6, 6.07) is 7.30. The van der Waals surface area contributed by atoms with Gasteiger partial charge in [-0.25, -0.2) is 0 Å². The lowest BCUT2D eigenvalue weighted by atomic mass is 10.0. The third-order valence-corrected chi connectivity index (χ3v) is 3.31. The van der Waals surface area contributed by atoms with Crippen LogP contribution < -0.4 is 11.5 Å². The molecular formula is C15H14N2O3. The van der Waals surface area contributed by atoms with Crippen LogP contribution in [0.1, 0.15) is 21.7 Å². The van der Waals surface area contributed by atoms with Crippen molar-refractivity contribution in [3.05, 3.63) is 53.7 Å². The van der Waals surface area contributed by atoms with E-state index in [1.54, 1.807) is 18.4 Å². The molecule has 20 heavy (non-hydrogen) atoms. The molecule has 0 fully saturated rings. The Kier molecular flexibility index (Phi) is 2.95. The molecule has 0 saturated carbocycles. The van der Waals surface area contributed by atoms with Gasteiger partial charge in [0.1, 0.15) is 5.58 Å². The number of nitrogens with two attached hydrogens (primary N) is 2. The molecule has 0 aliphatic heterocycles. The highest BCUT2D eigenvalue weighted by molar-refractivity contribution is 5.91.